The normalized spacial score (nSPS) is 12.9. The molecule has 0 radical (unpaired) electrons. The van der Waals surface area contributed by atoms with E-state index in [1.54, 1.807) is 21.3 Å². The van der Waals surface area contributed by atoms with Crippen molar-refractivity contribution in [3.63, 3.8) is 0 Å². The van der Waals surface area contributed by atoms with Gasteiger partial charge in [0.15, 0.2) is 23.0 Å². The molecule has 0 saturated heterocycles. The maximum Gasteiger partial charge on any atom is 0.231 e. The van der Waals surface area contributed by atoms with E-state index in [1.165, 1.54) is 0 Å². The smallest absolute Gasteiger partial charge is 0.231 e. The molecule has 22 heavy (non-hydrogen) atoms. The average molecular weight is 301 g/mol. The number of hydrogen-bond donors (Lipinski definition) is 1. The van der Waals surface area contributed by atoms with Gasteiger partial charge in [-0.25, -0.2) is 0 Å². The quantitative estimate of drug-likeness (QED) is 0.805. The molecule has 6 nitrogen and oxygen atoms in total. The minimum atomic E-state index is 0.181. The van der Waals surface area contributed by atoms with Crippen LogP contribution in [-0.4, -0.2) is 33.1 Å². The van der Waals surface area contributed by atoms with Gasteiger partial charge in [-0.3, -0.25) is 0 Å². The number of aromatic nitrogens is 1. The zero-order chi connectivity index (χ0) is 15.3. The van der Waals surface area contributed by atoms with Gasteiger partial charge in [0.25, 0.3) is 0 Å². The summed E-state index contributed by atoms with van der Waals surface area (Å²) in [5.41, 5.74) is 1.71. The second-order valence-corrected chi connectivity index (χ2v) is 4.91. The highest BCUT2D eigenvalue weighted by molar-refractivity contribution is 6.13. The van der Waals surface area contributed by atoms with Gasteiger partial charge < -0.3 is 28.7 Å². The van der Waals surface area contributed by atoms with Crippen LogP contribution in [0.25, 0.3) is 21.8 Å². The molecular formula is C16H15NO5. The van der Waals surface area contributed by atoms with Crippen LogP contribution in [0.2, 0.25) is 0 Å². The Morgan fingerprint density at radius 3 is 2.36 bits per heavy atom. The third-order valence-electron chi connectivity index (χ3n) is 3.91. The zero-order valence-corrected chi connectivity index (χ0v) is 12.5. The molecule has 2 heterocycles. The first-order chi connectivity index (χ1) is 10.8. The summed E-state index contributed by atoms with van der Waals surface area (Å²) in [6, 6.07) is 5.80. The van der Waals surface area contributed by atoms with Gasteiger partial charge in [0.2, 0.25) is 12.5 Å². The number of ether oxygens (including phenoxy) is 5. The molecule has 0 fully saturated rings. The van der Waals surface area contributed by atoms with E-state index >= 15 is 0 Å². The molecule has 114 valence electrons. The van der Waals surface area contributed by atoms with Gasteiger partial charge >= 0.3 is 0 Å². The van der Waals surface area contributed by atoms with Crippen LogP contribution in [0.5, 0.6) is 28.7 Å². The lowest BCUT2D eigenvalue weighted by Crippen LogP contribution is -1.94. The van der Waals surface area contributed by atoms with Crippen molar-refractivity contribution < 1.29 is 23.7 Å². The molecule has 1 N–H and O–H groups in total. The van der Waals surface area contributed by atoms with Crippen LogP contribution in [0, 0.1) is 0 Å². The molecule has 0 bridgehead atoms. The summed E-state index contributed by atoms with van der Waals surface area (Å²) in [4.78, 5) is 3.36. The second kappa shape index (κ2) is 4.62. The van der Waals surface area contributed by atoms with Crippen molar-refractivity contribution in [1.82, 2.24) is 4.98 Å². The Labute approximate surface area is 126 Å². The molecule has 3 aromatic rings. The molecule has 0 atom stereocenters. The molecule has 0 saturated carbocycles. The van der Waals surface area contributed by atoms with Crippen LogP contribution in [0.15, 0.2) is 18.2 Å². The van der Waals surface area contributed by atoms with E-state index in [4.69, 9.17) is 23.7 Å². The summed E-state index contributed by atoms with van der Waals surface area (Å²) in [6.07, 6.45) is 0. The lowest BCUT2D eigenvalue weighted by molar-refractivity contribution is 0.172. The fraction of sp³-hybridized carbons (Fsp3) is 0.250. The standard InChI is InChI=1S/C16H15NO5/c1-18-10-5-4-8-9-6-11(19-2)15-16(22-7-21-15)13(9)17-12(8)14(10)20-3/h4-6,17H,7H2,1-3H3. The van der Waals surface area contributed by atoms with E-state index in [2.05, 4.69) is 4.98 Å². The first-order valence-electron chi connectivity index (χ1n) is 6.81. The Hall–Kier alpha value is -2.76. The Bertz CT molecular complexity index is 883. The Balaban J connectivity index is 2.14. The van der Waals surface area contributed by atoms with Crippen LogP contribution < -0.4 is 23.7 Å². The summed E-state index contributed by atoms with van der Waals surface area (Å²) in [6.45, 7) is 0.181. The second-order valence-electron chi connectivity index (χ2n) is 4.91. The van der Waals surface area contributed by atoms with E-state index in [0.29, 0.717) is 28.7 Å². The maximum absolute atomic E-state index is 5.61. The lowest BCUT2D eigenvalue weighted by atomic mass is 10.1. The molecule has 4 rings (SSSR count). The van der Waals surface area contributed by atoms with Crippen LogP contribution >= 0.6 is 0 Å². The first kappa shape index (κ1) is 12.9. The number of nitrogens with one attached hydrogen (secondary N) is 1. The fourth-order valence-electron chi connectivity index (χ4n) is 2.93. The number of benzene rings is 2. The summed E-state index contributed by atoms with van der Waals surface area (Å²) < 4.78 is 27.4. The highest BCUT2D eigenvalue weighted by Gasteiger charge is 2.26. The minimum Gasteiger partial charge on any atom is -0.493 e. The highest BCUT2D eigenvalue weighted by atomic mass is 16.7. The summed E-state index contributed by atoms with van der Waals surface area (Å²) in [7, 11) is 4.85. The number of hydrogen-bond acceptors (Lipinski definition) is 5. The predicted molar refractivity (Wildman–Crippen MR) is 81.6 cm³/mol. The number of methoxy groups -OCH3 is 3. The van der Waals surface area contributed by atoms with Crippen LogP contribution in [-0.2, 0) is 0 Å². The topological polar surface area (TPSA) is 61.9 Å². The van der Waals surface area contributed by atoms with Crippen molar-refractivity contribution in [3.8, 4) is 28.7 Å². The molecule has 2 aromatic carbocycles. The summed E-state index contributed by atoms with van der Waals surface area (Å²) >= 11 is 0. The SMILES string of the molecule is COc1cc2c([nH]c3c(OC)c(OC)ccc32)c2c1OCO2. The van der Waals surface area contributed by atoms with Gasteiger partial charge in [0.1, 0.15) is 0 Å². The van der Waals surface area contributed by atoms with Crippen molar-refractivity contribution in [2.75, 3.05) is 28.1 Å². The first-order valence-corrected chi connectivity index (χ1v) is 6.81. The molecule has 0 unspecified atom stereocenters. The van der Waals surface area contributed by atoms with Gasteiger partial charge in [-0.15, -0.1) is 0 Å². The van der Waals surface area contributed by atoms with Gasteiger partial charge in [-0.05, 0) is 18.2 Å². The molecule has 1 aromatic heterocycles. The largest absolute Gasteiger partial charge is 0.493 e. The molecule has 1 aliphatic heterocycles. The van der Waals surface area contributed by atoms with Gasteiger partial charge in [0, 0.05) is 10.8 Å². The van der Waals surface area contributed by atoms with E-state index in [0.717, 1.165) is 21.8 Å². The van der Waals surface area contributed by atoms with Gasteiger partial charge in [-0.2, -0.15) is 0 Å². The van der Waals surface area contributed by atoms with E-state index in [9.17, 15) is 0 Å². The van der Waals surface area contributed by atoms with E-state index in [1.807, 2.05) is 18.2 Å². The Morgan fingerprint density at radius 1 is 0.864 bits per heavy atom. The van der Waals surface area contributed by atoms with Crippen molar-refractivity contribution in [3.05, 3.63) is 18.2 Å². The number of rotatable bonds is 3. The molecule has 0 spiro atoms. The lowest BCUT2D eigenvalue weighted by Gasteiger charge is -2.07. The molecule has 1 aliphatic rings. The number of aromatic amines is 1. The summed E-state index contributed by atoms with van der Waals surface area (Å²) in [5.74, 6) is 3.25. The van der Waals surface area contributed by atoms with Gasteiger partial charge in [-0.1, -0.05) is 0 Å². The van der Waals surface area contributed by atoms with Crippen LogP contribution in [0.1, 0.15) is 0 Å². The summed E-state index contributed by atoms with van der Waals surface area (Å²) in [5, 5.41) is 1.99. The molecule has 0 aliphatic carbocycles. The van der Waals surface area contributed by atoms with E-state index in [-0.39, 0.29) is 6.79 Å². The van der Waals surface area contributed by atoms with Gasteiger partial charge in [0.05, 0.1) is 32.4 Å². The predicted octanol–water partition coefficient (Wildman–Crippen LogP) is 3.08. The minimum absolute atomic E-state index is 0.181. The number of fused-ring (bicyclic) bond motifs is 5. The highest BCUT2D eigenvalue weighted by Crippen LogP contribution is 2.49. The monoisotopic (exact) mass is 301 g/mol. The van der Waals surface area contributed by atoms with Crippen molar-refractivity contribution in [1.29, 1.82) is 0 Å². The Morgan fingerprint density at radius 2 is 1.64 bits per heavy atom. The van der Waals surface area contributed by atoms with Crippen molar-refractivity contribution >= 4 is 21.8 Å². The third-order valence-corrected chi connectivity index (χ3v) is 3.91. The van der Waals surface area contributed by atoms with E-state index < -0.39 is 0 Å². The zero-order valence-electron chi connectivity index (χ0n) is 12.5. The van der Waals surface area contributed by atoms with Crippen LogP contribution in [0.4, 0.5) is 0 Å². The van der Waals surface area contributed by atoms with Crippen LogP contribution in [0.3, 0.4) is 0 Å². The molecule has 6 heteroatoms. The van der Waals surface area contributed by atoms with Crippen molar-refractivity contribution in [2.45, 2.75) is 0 Å². The molecule has 0 amide bonds. The van der Waals surface area contributed by atoms with Crippen molar-refractivity contribution in [2.24, 2.45) is 0 Å². The fourth-order valence-corrected chi connectivity index (χ4v) is 2.93. The Kier molecular flexibility index (Phi) is 2.72. The number of H-pyrrole nitrogens is 1. The third kappa shape index (κ3) is 1.55. The average Bonchev–Trinajstić information content (AvgIpc) is 3.16. The maximum atomic E-state index is 5.61. The molecular weight excluding hydrogens is 286 g/mol.